The Kier molecular flexibility index (Phi) is 4.33. The molecule has 1 rings (SSSR count). The van der Waals surface area contributed by atoms with E-state index in [1.807, 2.05) is 32.0 Å². The molecule has 0 aliphatic carbocycles. The first-order valence-corrected chi connectivity index (χ1v) is 6.10. The van der Waals surface area contributed by atoms with Crippen LogP contribution in [0.5, 0.6) is 5.75 Å². The first kappa shape index (κ1) is 13.8. The van der Waals surface area contributed by atoms with Gasteiger partial charge in [-0.05, 0) is 43.0 Å². The minimum absolute atomic E-state index is 0.0313. The summed E-state index contributed by atoms with van der Waals surface area (Å²) in [6.07, 6.45) is 0.570. The van der Waals surface area contributed by atoms with Crippen molar-refractivity contribution in [2.24, 2.45) is 5.41 Å². The second kappa shape index (κ2) is 5.35. The molecule has 0 radical (unpaired) electrons. The number of ketones is 1. The van der Waals surface area contributed by atoms with Gasteiger partial charge in [0.05, 0.1) is 6.61 Å². The molecule has 0 unspecified atom stereocenters. The lowest BCUT2D eigenvalue weighted by atomic mass is 9.87. The molecule has 2 nitrogen and oxygen atoms in total. The van der Waals surface area contributed by atoms with Gasteiger partial charge >= 0.3 is 0 Å². The molecule has 0 amide bonds. The summed E-state index contributed by atoms with van der Waals surface area (Å²) in [5.74, 6) is 1.06. The first-order valence-electron chi connectivity index (χ1n) is 6.10. The summed E-state index contributed by atoms with van der Waals surface area (Å²) >= 11 is 0. The fourth-order valence-electron chi connectivity index (χ4n) is 1.72. The maximum Gasteiger partial charge on any atom is 0.163 e. The number of ether oxygens (including phenoxy) is 1. The standard InChI is InChI=1S/C15H22O2/c1-6-17-14-8-7-12(9-11(14)2)13(16)10-15(3,4)5/h7-9H,6,10H2,1-5H3. The highest BCUT2D eigenvalue weighted by molar-refractivity contribution is 5.96. The molecular weight excluding hydrogens is 212 g/mol. The normalized spacial score (nSPS) is 11.4. The van der Waals surface area contributed by atoms with E-state index in [1.165, 1.54) is 0 Å². The summed E-state index contributed by atoms with van der Waals surface area (Å²) in [5, 5.41) is 0. The molecule has 2 heteroatoms. The third-order valence-corrected chi connectivity index (χ3v) is 2.49. The van der Waals surface area contributed by atoms with Crippen molar-refractivity contribution in [3.8, 4) is 5.75 Å². The first-order chi connectivity index (χ1) is 7.83. The van der Waals surface area contributed by atoms with Crippen molar-refractivity contribution in [3.05, 3.63) is 29.3 Å². The van der Waals surface area contributed by atoms with Crippen LogP contribution >= 0.6 is 0 Å². The fourth-order valence-corrected chi connectivity index (χ4v) is 1.72. The van der Waals surface area contributed by atoms with Gasteiger partial charge < -0.3 is 4.74 Å². The summed E-state index contributed by atoms with van der Waals surface area (Å²) in [6.45, 7) is 10.8. The summed E-state index contributed by atoms with van der Waals surface area (Å²) in [4.78, 5) is 12.0. The predicted molar refractivity (Wildman–Crippen MR) is 70.8 cm³/mol. The highest BCUT2D eigenvalue weighted by Gasteiger charge is 2.17. The average Bonchev–Trinajstić information content (AvgIpc) is 2.18. The molecule has 94 valence electrons. The van der Waals surface area contributed by atoms with Gasteiger partial charge in [0.1, 0.15) is 5.75 Å². The quantitative estimate of drug-likeness (QED) is 0.736. The lowest BCUT2D eigenvalue weighted by Crippen LogP contribution is -2.13. The zero-order valence-corrected chi connectivity index (χ0v) is 11.5. The van der Waals surface area contributed by atoms with Gasteiger partial charge in [-0.1, -0.05) is 20.8 Å². The molecule has 0 aromatic heterocycles. The van der Waals surface area contributed by atoms with Crippen LogP contribution in [0.3, 0.4) is 0 Å². The molecule has 1 aromatic carbocycles. The highest BCUT2D eigenvalue weighted by Crippen LogP contribution is 2.24. The largest absolute Gasteiger partial charge is 0.494 e. The smallest absolute Gasteiger partial charge is 0.163 e. The minimum atomic E-state index is 0.0313. The third-order valence-electron chi connectivity index (χ3n) is 2.49. The van der Waals surface area contributed by atoms with Crippen LogP contribution in [0.2, 0.25) is 0 Å². The molecule has 0 saturated carbocycles. The number of carbonyl (C=O) groups excluding carboxylic acids is 1. The Hall–Kier alpha value is -1.31. The zero-order chi connectivity index (χ0) is 13.1. The Balaban J connectivity index is 2.86. The number of aryl methyl sites for hydroxylation is 1. The topological polar surface area (TPSA) is 26.3 Å². The van der Waals surface area contributed by atoms with E-state index in [4.69, 9.17) is 4.74 Å². The van der Waals surface area contributed by atoms with Crippen molar-refractivity contribution in [2.45, 2.75) is 41.0 Å². The van der Waals surface area contributed by atoms with Crippen LogP contribution in [0.4, 0.5) is 0 Å². The molecule has 0 aliphatic rings. The molecule has 0 saturated heterocycles. The van der Waals surface area contributed by atoms with E-state index in [0.29, 0.717) is 13.0 Å². The third kappa shape index (κ3) is 4.22. The van der Waals surface area contributed by atoms with E-state index in [2.05, 4.69) is 20.8 Å². The lowest BCUT2D eigenvalue weighted by Gasteiger charge is -2.17. The van der Waals surface area contributed by atoms with E-state index >= 15 is 0 Å². The van der Waals surface area contributed by atoms with Crippen molar-refractivity contribution in [3.63, 3.8) is 0 Å². The van der Waals surface area contributed by atoms with Crippen LogP contribution in [-0.4, -0.2) is 12.4 Å². The van der Waals surface area contributed by atoms with Crippen LogP contribution in [0, 0.1) is 12.3 Å². The van der Waals surface area contributed by atoms with Crippen molar-refractivity contribution in [1.82, 2.24) is 0 Å². The second-order valence-electron chi connectivity index (χ2n) is 5.57. The molecule has 0 N–H and O–H groups in total. The van der Waals surface area contributed by atoms with Crippen molar-refractivity contribution in [2.75, 3.05) is 6.61 Å². The Morgan fingerprint density at radius 3 is 2.41 bits per heavy atom. The zero-order valence-electron chi connectivity index (χ0n) is 11.5. The molecular formula is C15H22O2. The number of benzene rings is 1. The van der Waals surface area contributed by atoms with Crippen molar-refractivity contribution < 1.29 is 9.53 Å². The maximum absolute atomic E-state index is 12.0. The van der Waals surface area contributed by atoms with Gasteiger partial charge in [-0.25, -0.2) is 0 Å². The van der Waals surface area contributed by atoms with E-state index in [-0.39, 0.29) is 11.2 Å². The SMILES string of the molecule is CCOc1ccc(C(=O)CC(C)(C)C)cc1C. The second-order valence-corrected chi connectivity index (χ2v) is 5.57. The van der Waals surface area contributed by atoms with Crippen LogP contribution in [-0.2, 0) is 0 Å². The molecule has 17 heavy (non-hydrogen) atoms. The Morgan fingerprint density at radius 1 is 1.29 bits per heavy atom. The molecule has 0 bridgehead atoms. The number of hydrogen-bond acceptors (Lipinski definition) is 2. The number of rotatable bonds is 4. The monoisotopic (exact) mass is 234 g/mol. The Labute approximate surface area is 104 Å². The molecule has 1 aromatic rings. The van der Waals surface area contributed by atoms with Crippen LogP contribution in [0.1, 0.15) is 50.0 Å². The van der Waals surface area contributed by atoms with Crippen LogP contribution < -0.4 is 4.74 Å². The number of Topliss-reactive ketones (excluding diaryl/α,β-unsaturated/α-hetero) is 1. The Bertz CT molecular complexity index is 400. The molecule has 0 atom stereocenters. The van der Waals surface area contributed by atoms with Crippen molar-refractivity contribution in [1.29, 1.82) is 0 Å². The summed E-state index contributed by atoms with van der Waals surface area (Å²) < 4.78 is 5.46. The van der Waals surface area contributed by atoms with E-state index < -0.39 is 0 Å². The van der Waals surface area contributed by atoms with E-state index in [0.717, 1.165) is 16.9 Å². The fraction of sp³-hybridized carbons (Fsp3) is 0.533. The maximum atomic E-state index is 12.0. The van der Waals surface area contributed by atoms with E-state index in [1.54, 1.807) is 0 Å². The Morgan fingerprint density at radius 2 is 1.94 bits per heavy atom. The highest BCUT2D eigenvalue weighted by atomic mass is 16.5. The molecule has 0 spiro atoms. The van der Waals surface area contributed by atoms with Gasteiger partial charge in [-0.15, -0.1) is 0 Å². The summed E-state index contributed by atoms with van der Waals surface area (Å²) in [5.41, 5.74) is 1.83. The van der Waals surface area contributed by atoms with Gasteiger partial charge in [0.15, 0.2) is 5.78 Å². The van der Waals surface area contributed by atoms with Gasteiger partial charge in [0.25, 0.3) is 0 Å². The molecule has 0 heterocycles. The number of carbonyl (C=O) groups is 1. The van der Waals surface area contributed by atoms with Gasteiger partial charge in [-0.2, -0.15) is 0 Å². The van der Waals surface area contributed by atoms with Crippen molar-refractivity contribution >= 4 is 5.78 Å². The molecule has 0 fully saturated rings. The van der Waals surface area contributed by atoms with Crippen LogP contribution in [0.25, 0.3) is 0 Å². The summed E-state index contributed by atoms with van der Waals surface area (Å²) in [6, 6.07) is 5.65. The lowest BCUT2D eigenvalue weighted by molar-refractivity contribution is 0.0940. The van der Waals surface area contributed by atoms with Crippen LogP contribution in [0.15, 0.2) is 18.2 Å². The minimum Gasteiger partial charge on any atom is -0.494 e. The summed E-state index contributed by atoms with van der Waals surface area (Å²) in [7, 11) is 0. The average molecular weight is 234 g/mol. The number of hydrogen-bond donors (Lipinski definition) is 0. The van der Waals surface area contributed by atoms with Gasteiger partial charge in [0.2, 0.25) is 0 Å². The van der Waals surface area contributed by atoms with Gasteiger partial charge in [-0.3, -0.25) is 4.79 Å². The van der Waals surface area contributed by atoms with E-state index in [9.17, 15) is 4.79 Å². The molecule has 0 aliphatic heterocycles. The predicted octanol–water partition coefficient (Wildman–Crippen LogP) is 4.01. The van der Waals surface area contributed by atoms with Gasteiger partial charge in [0, 0.05) is 12.0 Å².